The maximum absolute atomic E-state index is 4.33. The summed E-state index contributed by atoms with van der Waals surface area (Å²) in [5.41, 5.74) is 2.39. The molecule has 0 fully saturated rings. The molecule has 0 aliphatic rings. The molecule has 0 saturated carbocycles. The quantitative estimate of drug-likeness (QED) is 0.562. The van der Waals surface area contributed by atoms with Crippen LogP contribution < -0.4 is 0 Å². The lowest BCUT2D eigenvalue weighted by molar-refractivity contribution is 0.653. The van der Waals surface area contributed by atoms with Gasteiger partial charge in [0.1, 0.15) is 0 Å². The van der Waals surface area contributed by atoms with Gasteiger partial charge in [-0.25, -0.2) is 0 Å². The van der Waals surface area contributed by atoms with E-state index in [0.29, 0.717) is 0 Å². The Morgan fingerprint density at radius 1 is 0.864 bits per heavy atom. The summed E-state index contributed by atoms with van der Waals surface area (Å²) in [6.07, 6.45) is 6.00. The fourth-order valence-electron chi connectivity index (χ4n) is 3.02. The molecule has 4 aromatic rings. The Kier molecular flexibility index (Phi) is 3.31. The molecule has 2 heterocycles. The normalized spacial score (nSPS) is 11.3. The van der Waals surface area contributed by atoms with Crippen molar-refractivity contribution in [1.82, 2.24) is 14.8 Å². The van der Waals surface area contributed by atoms with Crippen molar-refractivity contribution in [3.63, 3.8) is 0 Å². The Balaban J connectivity index is 1.53. The third kappa shape index (κ3) is 2.35. The van der Waals surface area contributed by atoms with Gasteiger partial charge in [-0.15, -0.1) is 0 Å². The Morgan fingerprint density at radius 3 is 2.64 bits per heavy atom. The number of aromatic nitrogens is 3. The third-order valence-electron chi connectivity index (χ3n) is 4.14. The van der Waals surface area contributed by atoms with E-state index in [1.807, 2.05) is 12.3 Å². The summed E-state index contributed by atoms with van der Waals surface area (Å²) in [4.78, 5) is 0. The summed E-state index contributed by atoms with van der Waals surface area (Å²) < 4.78 is 2.31. The average molecular weight is 287 g/mol. The van der Waals surface area contributed by atoms with Gasteiger partial charge in [0.15, 0.2) is 0 Å². The maximum Gasteiger partial charge on any atom is 0.0709 e. The van der Waals surface area contributed by atoms with Crippen molar-refractivity contribution in [1.29, 1.82) is 0 Å². The molecule has 108 valence electrons. The molecule has 2 aromatic carbocycles. The van der Waals surface area contributed by atoms with Crippen LogP contribution in [0.2, 0.25) is 0 Å². The molecule has 0 bridgehead atoms. The van der Waals surface area contributed by atoms with Crippen LogP contribution in [0.25, 0.3) is 21.7 Å². The van der Waals surface area contributed by atoms with E-state index in [1.165, 1.54) is 21.7 Å². The Hall–Kier alpha value is -2.68. The molecule has 0 amide bonds. The number of nitrogens with zero attached hydrogens (tertiary/aromatic N) is 3. The van der Waals surface area contributed by atoms with E-state index < -0.39 is 0 Å². The van der Waals surface area contributed by atoms with Crippen molar-refractivity contribution in [2.75, 3.05) is 0 Å². The van der Waals surface area contributed by atoms with Gasteiger partial charge in [-0.2, -0.15) is 10.2 Å². The highest BCUT2D eigenvalue weighted by atomic mass is 15.1. The first-order valence-corrected chi connectivity index (χ1v) is 7.65. The number of aryl methyl sites for hydroxylation is 2. The SMILES string of the molecule is c1ccc2c(CCCn3ccc4ccccc43)nncc2c1. The van der Waals surface area contributed by atoms with Gasteiger partial charge in [-0.1, -0.05) is 42.5 Å². The van der Waals surface area contributed by atoms with Crippen LogP contribution in [-0.2, 0) is 13.0 Å². The van der Waals surface area contributed by atoms with Gasteiger partial charge in [0.2, 0.25) is 0 Å². The van der Waals surface area contributed by atoms with Crippen molar-refractivity contribution in [2.45, 2.75) is 19.4 Å². The Labute approximate surface area is 129 Å². The molecule has 0 radical (unpaired) electrons. The Bertz CT molecular complexity index is 919. The van der Waals surface area contributed by atoms with E-state index in [0.717, 1.165) is 25.1 Å². The summed E-state index contributed by atoms with van der Waals surface area (Å²) >= 11 is 0. The maximum atomic E-state index is 4.33. The summed E-state index contributed by atoms with van der Waals surface area (Å²) in [7, 11) is 0. The molecular formula is C19H17N3. The highest BCUT2D eigenvalue weighted by Gasteiger charge is 2.04. The minimum absolute atomic E-state index is 0.945. The van der Waals surface area contributed by atoms with Gasteiger partial charge in [0.25, 0.3) is 0 Å². The molecule has 0 saturated heterocycles. The molecule has 0 N–H and O–H groups in total. The smallest absolute Gasteiger partial charge is 0.0709 e. The van der Waals surface area contributed by atoms with Gasteiger partial charge >= 0.3 is 0 Å². The van der Waals surface area contributed by atoms with Gasteiger partial charge in [0, 0.05) is 29.0 Å². The van der Waals surface area contributed by atoms with E-state index in [9.17, 15) is 0 Å². The van der Waals surface area contributed by atoms with Crippen LogP contribution in [0.4, 0.5) is 0 Å². The van der Waals surface area contributed by atoms with Crippen molar-refractivity contribution in [3.8, 4) is 0 Å². The molecule has 4 rings (SSSR count). The van der Waals surface area contributed by atoms with E-state index in [2.05, 4.69) is 69.5 Å². The standard InChI is InChI=1S/C19H17N3/c1-3-8-17-16(7-1)14-20-21-18(17)9-5-12-22-13-11-15-6-2-4-10-19(15)22/h1-4,6-8,10-11,13-14H,5,9,12H2. The number of para-hydroxylation sites is 1. The summed E-state index contributed by atoms with van der Waals surface area (Å²) in [5, 5.41) is 12.1. The lowest BCUT2D eigenvalue weighted by Gasteiger charge is -2.07. The summed E-state index contributed by atoms with van der Waals surface area (Å²) in [5.74, 6) is 0. The van der Waals surface area contributed by atoms with Crippen molar-refractivity contribution >= 4 is 21.7 Å². The number of rotatable bonds is 4. The van der Waals surface area contributed by atoms with Crippen LogP contribution in [0.1, 0.15) is 12.1 Å². The average Bonchev–Trinajstić information content (AvgIpc) is 2.99. The summed E-state index contributed by atoms with van der Waals surface area (Å²) in [6.45, 7) is 0.998. The zero-order chi connectivity index (χ0) is 14.8. The first-order chi connectivity index (χ1) is 10.9. The van der Waals surface area contributed by atoms with E-state index in [4.69, 9.17) is 0 Å². The first-order valence-electron chi connectivity index (χ1n) is 7.65. The van der Waals surface area contributed by atoms with E-state index in [1.54, 1.807) is 0 Å². The largest absolute Gasteiger partial charge is 0.347 e. The second-order valence-electron chi connectivity index (χ2n) is 5.55. The lowest BCUT2D eigenvalue weighted by atomic mass is 10.1. The second kappa shape index (κ2) is 5.60. The van der Waals surface area contributed by atoms with Crippen LogP contribution >= 0.6 is 0 Å². The van der Waals surface area contributed by atoms with Crippen LogP contribution in [0.15, 0.2) is 67.0 Å². The van der Waals surface area contributed by atoms with Crippen molar-refractivity contribution < 1.29 is 0 Å². The fraction of sp³-hybridized carbons (Fsp3) is 0.158. The van der Waals surface area contributed by atoms with Crippen molar-refractivity contribution in [3.05, 3.63) is 72.7 Å². The second-order valence-corrected chi connectivity index (χ2v) is 5.55. The number of hydrogen-bond donors (Lipinski definition) is 0. The van der Waals surface area contributed by atoms with E-state index in [-0.39, 0.29) is 0 Å². The fourth-order valence-corrected chi connectivity index (χ4v) is 3.02. The molecule has 0 atom stereocenters. The molecule has 0 unspecified atom stereocenters. The lowest BCUT2D eigenvalue weighted by Crippen LogP contribution is -2.00. The number of benzene rings is 2. The first kappa shape index (κ1) is 13.0. The monoisotopic (exact) mass is 287 g/mol. The highest BCUT2D eigenvalue weighted by molar-refractivity contribution is 5.83. The van der Waals surface area contributed by atoms with Crippen LogP contribution in [-0.4, -0.2) is 14.8 Å². The zero-order valence-electron chi connectivity index (χ0n) is 12.3. The molecule has 3 nitrogen and oxygen atoms in total. The van der Waals surface area contributed by atoms with Gasteiger partial charge < -0.3 is 4.57 Å². The molecular weight excluding hydrogens is 270 g/mol. The highest BCUT2D eigenvalue weighted by Crippen LogP contribution is 2.18. The zero-order valence-corrected chi connectivity index (χ0v) is 12.3. The van der Waals surface area contributed by atoms with Gasteiger partial charge in [-0.3, -0.25) is 0 Å². The molecule has 2 aromatic heterocycles. The molecule has 3 heteroatoms. The predicted octanol–water partition coefficient (Wildman–Crippen LogP) is 4.22. The minimum Gasteiger partial charge on any atom is -0.347 e. The van der Waals surface area contributed by atoms with Gasteiger partial charge in [-0.05, 0) is 30.4 Å². The predicted molar refractivity (Wildman–Crippen MR) is 89.8 cm³/mol. The van der Waals surface area contributed by atoms with Crippen LogP contribution in [0.5, 0.6) is 0 Å². The topological polar surface area (TPSA) is 30.7 Å². The minimum atomic E-state index is 0.945. The molecule has 0 spiro atoms. The molecule has 0 aliphatic heterocycles. The van der Waals surface area contributed by atoms with Gasteiger partial charge in [0.05, 0.1) is 11.9 Å². The number of fused-ring (bicyclic) bond motifs is 2. The Morgan fingerprint density at radius 2 is 1.68 bits per heavy atom. The third-order valence-corrected chi connectivity index (χ3v) is 4.14. The molecule has 22 heavy (non-hydrogen) atoms. The van der Waals surface area contributed by atoms with Crippen molar-refractivity contribution in [2.24, 2.45) is 0 Å². The molecule has 0 aliphatic carbocycles. The summed E-state index contributed by atoms with van der Waals surface area (Å²) in [6, 6.07) is 19.0. The van der Waals surface area contributed by atoms with E-state index >= 15 is 0 Å². The van der Waals surface area contributed by atoms with Crippen LogP contribution in [0.3, 0.4) is 0 Å². The van der Waals surface area contributed by atoms with Crippen LogP contribution in [0, 0.1) is 0 Å². The number of hydrogen-bond acceptors (Lipinski definition) is 2.